The molecule has 1 aliphatic carbocycles. The lowest BCUT2D eigenvalue weighted by Crippen LogP contribution is -2.42. The fraction of sp³-hybridized carbons (Fsp3) is 0.588. The van der Waals surface area contributed by atoms with Crippen molar-refractivity contribution in [3.8, 4) is 0 Å². The molecule has 1 aromatic carbocycles. The SMILES string of the molecule is C[C@@H](CO)NC(=O)NCCCO[C@H]1CCCc2ccccc21. The highest BCUT2D eigenvalue weighted by atomic mass is 16.5. The van der Waals surface area contributed by atoms with Gasteiger partial charge in [-0.25, -0.2) is 4.79 Å². The average Bonchev–Trinajstić information content (AvgIpc) is 2.54. The lowest BCUT2D eigenvalue weighted by atomic mass is 9.89. The van der Waals surface area contributed by atoms with E-state index in [1.165, 1.54) is 17.5 Å². The number of rotatable bonds is 7. The number of hydrogen-bond acceptors (Lipinski definition) is 3. The van der Waals surface area contributed by atoms with E-state index in [9.17, 15) is 4.79 Å². The van der Waals surface area contributed by atoms with E-state index in [1.54, 1.807) is 6.92 Å². The minimum Gasteiger partial charge on any atom is -0.394 e. The Morgan fingerprint density at radius 2 is 2.27 bits per heavy atom. The molecule has 2 amide bonds. The largest absolute Gasteiger partial charge is 0.394 e. The number of aliphatic hydroxyl groups is 1. The first-order chi connectivity index (χ1) is 10.7. The molecule has 22 heavy (non-hydrogen) atoms. The Balaban J connectivity index is 1.65. The molecule has 0 bridgehead atoms. The molecule has 0 radical (unpaired) electrons. The van der Waals surface area contributed by atoms with Crippen molar-refractivity contribution in [1.82, 2.24) is 10.6 Å². The molecule has 1 aromatic rings. The summed E-state index contributed by atoms with van der Waals surface area (Å²) in [4.78, 5) is 11.5. The second-order valence-electron chi connectivity index (χ2n) is 5.79. The number of carbonyl (C=O) groups excluding carboxylic acids is 1. The normalized spacial score (nSPS) is 18.4. The lowest BCUT2D eigenvalue weighted by Gasteiger charge is -2.25. The van der Waals surface area contributed by atoms with Crippen LogP contribution in [0.2, 0.25) is 0 Å². The van der Waals surface area contributed by atoms with Crippen molar-refractivity contribution in [2.75, 3.05) is 19.8 Å². The summed E-state index contributed by atoms with van der Waals surface area (Å²) in [7, 11) is 0. The van der Waals surface area contributed by atoms with Gasteiger partial charge in [0, 0.05) is 13.2 Å². The monoisotopic (exact) mass is 306 g/mol. The number of ether oxygens (including phenoxy) is 1. The maximum atomic E-state index is 11.5. The summed E-state index contributed by atoms with van der Waals surface area (Å²) >= 11 is 0. The maximum Gasteiger partial charge on any atom is 0.315 e. The number of aliphatic hydroxyl groups excluding tert-OH is 1. The standard InChI is InChI=1S/C17H26N2O3/c1-13(12-20)19-17(21)18-10-5-11-22-16-9-4-7-14-6-2-3-8-15(14)16/h2-3,6,8,13,16,20H,4-5,7,9-12H2,1H3,(H2,18,19,21)/t13-,16-/m0/s1. The van der Waals surface area contributed by atoms with Gasteiger partial charge in [-0.1, -0.05) is 24.3 Å². The van der Waals surface area contributed by atoms with Gasteiger partial charge in [0.25, 0.3) is 0 Å². The number of fused-ring (bicyclic) bond motifs is 1. The van der Waals surface area contributed by atoms with Crippen molar-refractivity contribution >= 4 is 6.03 Å². The molecule has 0 spiro atoms. The molecular formula is C17H26N2O3. The molecule has 0 saturated heterocycles. The molecule has 0 aromatic heterocycles. The van der Waals surface area contributed by atoms with Gasteiger partial charge in [0.2, 0.25) is 0 Å². The predicted molar refractivity (Wildman–Crippen MR) is 85.8 cm³/mol. The van der Waals surface area contributed by atoms with Crippen LogP contribution in [0.15, 0.2) is 24.3 Å². The van der Waals surface area contributed by atoms with Gasteiger partial charge >= 0.3 is 6.03 Å². The summed E-state index contributed by atoms with van der Waals surface area (Å²) in [5.74, 6) is 0. The molecule has 122 valence electrons. The van der Waals surface area contributed by atoms with Crippen molar-refractivity contribution in [2.45, 2.75) is 44.8 Å². The van der Waals surface area contributed by atoms with Crippen molar-refractivity contribution in [1.29, 1.82) is 0 Å². The maximum absolute atomic E-state index is 11.5. The zero-order chi connectivity index (χ0) is 15.8. The van der Waals surface area contributed by atoms with Crippen LogP contribution in [-0.4, -0.2) is 36.9 Å². The third-order valence-corrected chi connectivity index (χ3v) is 3.89. The van der Waals surface area contributed by atoms with Crippen molar-refractivity contribution in [2.24, 2.45) is 0 Å². The molecule has 3 N–H and O–H groups in total. The summed E-state index contributed by atoms with van der Waals surface area (Å²) < 4.78 is 5.98. The van der Waals surface area contributed by atoms with Crippen LogP contribution in [0.5, 0.6) is 0 Å². The van der Waals surface area contributed by atoms with E-state index in [2.05, 4.69) is 34.9 Å². The zero-order valence-electron chi connectivity index (χ0n) is 13.2. The zero-order valence-corrected chi connectivity index (χ0v) is 13.2. The Labute approximate surface area is 132 Å². The Morgan fingerprint density at radius 3 is 3.09 bits per heavy atom. The summed E-state index contributed by atoms with van der Waals surface area (Å²) in [5.41, 5.74) is 2.71. The molecule has 0 unspecified atom stereocenters. The Morgan fingerprint density at radius 1 is 1.45 bits per heavy atom. The van der Waals surface area contributed by atoms with Crippen LogP contribution >= 0.6 is 0 Å². The highest BCUT2D eigenvalue weighted by molar-refractivity contribution is 5.74. The number of amides is 2. The van der Waals surface area contributed by atoms with Gasteiger partial charge in [-0.2, -0.15) is 0 Å². The van der Waals surface area contributed by atoms with E-state index in [0.717, 1.165) is 19.3 Å². The van der Waals surface area contributed by atoms with E-state index >= 15 is 0 Å². The second-order valence-corrected chi connectivity index (χ2v) is 5.79. The fourth-order valence-corrected chi connectivity index (χ4v) is 2.70. The summed E-state index contributed by atoms with van der Waals surface area (Å²) in [6, 6.07) is 8.01. The van der Waals surface area contributed by atoms with Crippen LogP contribution in [0.3, 0.4) is 0 Å². The van der Waals surface area contributed by atoms with Crippen LogP contribution in [0.4, 0.5) is 4.79 Å². The van der Waals surface area contributed by atoms with Crippen molar-refractivity contribution < 1.29 is 14.6 Å². The van der Waals surface area contributed by atoms with Gasteiger partial charge in [-0.3, -0.25) is 0 Å². The molecule has 2 atom stereocenters. The summed E-state index contributed by atoms with van der Waals surface area (Å²) in [5, 5.41) is 14.3. The van der Waals surface area contributed by atoms with E-state index in [-0.39, 0.29) is 24.8 Å². The minimum absolute atomic E-state index is 0.0579. The summed E-state index contributed by atoms with van der Waals surface area (Å²) in [6.07, 6.45) is 4.34. The van der Waals surface area contributed by atoms with Crippen LogP contribution in [0.25, 0.3) is 0 Å². The molecule has 0 saturated carbocycles. The first-order valence-electron chi connectivity index (χ1n) is 8.05. The third kappa shape index (κ3) is 5.00. The molecule has 5 heteroatoms. The van der Waals surface area contributed by atoms with Crippen LogP contribution in [0, 0.1) is 0 Å². The average molecular weight is 306 g/mol. The van der Waals surface area contributed by atoms with Crippen LogP contribution in [-0.2, 0) is 11.2 Å². The van der Waals surface area contributed by atoms with Gasteiger partial charge in [0.15, 0.2) is 0 Å². The summed E-state index contributed by atoms with van der Waals surface area (Å²) in [6.45, 7) is 2.90. The first-order valence-corrected chi connectivity index (χ1v) is 8.05. The molecule has 0 fully saturated rings. The van der Waals surface area contributed by atoms with E-state index < -0.39 is 0 Å². The van der Waals surface area contributed by atoms with Gasteiger partial charge in [-0.05, 0) is 43.7 Å². The number of nitrogens with one attached hydrogen (secondary N) is 2. The second kappa shape index (κ2) is 8.76. The number of hydrogen-bond donors (Lipinski definition) is 3. The highest BCUT2D eigenvalue weighted by Gasteiger charge is 2.19. The molecule has 0 heterocycles. The lowest BCUT2D eigenvalue weighted by molar-refractivity contribution is 0.0396. The molecular weight excluding hydrogens is 280 g/mol. The predicted octanol–water partition coefficient (Wildman–Crippen LogP) is 2.15. The highest BCUT2D eigenvalue weighted by Crippen LogP contribution is 2.32. The number of benzene rings is 1. The number of aryl methyl sites for hydroxylation is 1. The first kappa shape index (κ1) is 16.8. The number of carbonyl (C=O) groups is 1. The molecule has 1 aliphatic rings. The Bertz CT molecular complexity index is 479. The molecule has 2 rings (SSSR count). The van der Waals surface area contributed by atoms with Crippen LogP contribution in [0.1, 0.15) is 43.4 Å². The quantitative estimate of drug-likeness (QED) is 0.676. The molecule has 0 aliphatic heterocycles. The van der Waals surface area contributed by atoms with E-state index in [0.29, 0.717) is 13.2 Å². The van der Waals surface area contributed by atoms with Crippen LogP contribution < -0.4 is 10.6 Å². The fourth-order valence-electron chi connectivity index (χ4n) is 2.70. The van der Waals surface area contributed by atoms with Crippen molar-refractivity contribution in [3.05, 3.63) is 35.4 Å². The van der Waals surface area contributed by atoms with E-state index in [1.807, 2.05) is 0 Å². The number of urea groups is 1. The van der Waals surface area contributed by atoms with Gasteiger partial charge in [0.05, 0.1) is 18.8 Å². The minimum atomic E-state index is -0.246. The third-order valence-electron chi connectivity index (χ3n) is 3.89. The topological polar surface area (TPSA) is 70.6 Å². The van der Waals surface area contributed by atoms with Gasteiger partial charge in [0.1, 0.15) is 0 Å². The van der Waals surface area contributed by atoms with E-state index in [4.69, 9.17) is 9.84 Å². The molecule has 5 nitrogen and oxygen atoms in total. The van der Waals surface area contributed by atoms with Gasteiger partial charge < -0.3 is 20.5 Å². The van der Waals surface area contributed by atoms with Gasteiger partial charge in [-0.15, -0.1) is 0 Å². The van der Waals surface area contributed by atoms with Crippen molar-refractivity contribution in [3.63, 3.8) is 0 Å². The Kier molecular flexibility index (Phi) is 6.68. The Hall–Kier alpha value is -1.59. The smallest absolute Gasteiger partial charge is 0.315 e.